The van der Waals surface area contributed by atoms with Crippen molar-refractivity contribution < 1.29 is 19.0 Å². The average molecular weight is 396 g/mol. The molecule has 4 rings (SSSR count). The number of carbonyl (C=O) groups excluding carboxylic acids is 1. The Morgan fingerprint density at radius 1 is 1.03 bits per heavy atom. The molecule has 0 aliphatic carbocycles. The summed E-state index contributed by atoms with van der Waals surface area (Å²) in [5, 5.41) is 0. The minimum atomic E-state index is -0.500. The van der Waals surface area contributed by atoms with Crippen LogP contribution in [0.3, 0.4) is 0 Å². The van der Waals surface area contributed by atoms with E-state index >= 15 is 0 Å². The Bertz CT molecular complexity index is 864. The van der Waals surface area contributed by atoms with Gasteiger partial charge >= 0.3 is 0 Å². The normalized spacial score (nSPS) is 18.6. The molecule has 1 saturated heterocycles. The molecule has 0 radical (unpaired) electrons. The number of amides is 1. The fraction of sp³-hybridized carbons (Fsp3) is 0.435. The number of likely N-dealkylation sites (tertiary alicyclic amines) is 1. The average Bonchev–Trinajstić information content (AvgIpc) is 2.78. The molecule has 6 nitrogen and oxygen atoms in total. The third-order valence-corrected chi connectivity index (χ3v) is 5.65. The summed E-state index contributed by atoms with van der Waals surface area (Å²) in [7, 11) is 3.29. The zero-order valence-corrected chi connectivity index (χ0v) is 17.1. The van der Waals surface area contributed by atoms with Gasteiger partial charge in [-0.05, 0) is 37.5 Å². The Hall–Kier alpha value is -2.89. The molecule has 0 N–H and O–H groups in total. The third kappa shape index (κ3) is 3.97. The molecule has 29 heavy (non-hydrogen) atoms. The van der Waals surface area contributed by atoms with Gasteiger partial charge in [-0.2, -0.15) is 0 Å². The van der Waals surface area contributed by atoms with E-state index in [0.29, 0.717) is 18.8 Å². The Kier molecular flexibility index (Phi) is 5.79. The highest BCUT2D eigenvalue weighted by molar-refractivity contribution is 5.83. The van der Waals surface area contributed by atoms with Gasteiger partial charge in [-0.1, -0.05) is 24.3 Å². The molecule has 0 aromatic heterocycles. The van der Waals surface area contributed by atoms with E-state index < -0.39 is 6.10 Å². The number of rotatable bonds is 5. The molecule has 0 unspecified atom stereocenters. The second-order valence-electron chi connectivity index (χ2n) is 7.49. The Balaban J connectivity index is 1.61. The monoisotopic (exact) mass is 396 g/mol. The van der Waals surface area contributed by atoms with Crippen molar-refractivity contribution in [3.63, 3.8) is 0 Å². The number of para-hydroxylation sites is 3. The first-order valence-corrected chi connectivity index (χ1v) is 10.2. The highest BCUT2D eigenvalue weighted by Crippen LogP contribution is 2.37. The van der Waals surface area contributed by atoms with Crippen LogP contribution < -0.4 is 19.1 Å². The molecular weight excluding hydrogens is 368 g/mol. The van der Waals surface area contributed by atoms with Crippen LogP contribution in [0.25, 0.3) is 0 Å². The van der Waals surface area contributed by atoms with Gasteiger partial charge < -0.3 is 24.0 Å². The highest BCUT2D eigenvalue weighted by Gasteiger charge is 2.34. The van der Waals surface area contributed by atoms with Crippen LogP contribution in [-0.2, 0) is 11.3 Å². The lowest BCUT2D eigenvalue weighted by Crippen LogP contribution is -2.51. The lowest BCUT2D eigenvalue weighted by molar-refractivity contribution is -0.139. The Morgan fingerprint density at radius 3 is 2.59 bits per heavy atom. The molecule has 1 atom stereocenters. The van der Waals surface area contributed by atoms with Crippen molar-refractivity contribution in [1.82, 2.24) is 4.90 Å². The van der Waals surface area contributed by atoms with Gasteiger partial charge in [0.2, 0.25) is 0 Å². The van der Waals surface area contributed by atoms with E-state index in [0.717, 1.165) is 48.7 Å². The predicted molar refractivity (Wildman–Crippen MR) is 112 cm³/mol. The number of nitrogens with zero attached hydrogens (tertiary/aromatic N) is 2. The van der Waals surface area contributed by atoms with Gasteiger partial charge in [0, 0.05) is 25.2 Å². The highest BCUT2D eigenvalue weighted by atomic mass is 16.5. The second kappa shape index (κ2) is 8.64. The first-order valence-electron chi connectivity index (χ1n) is 10.2. The number of fused-ring (bicyclic) bond motifs is 1. The van der Waals surface area contributed by atoms with Crippen molar-refractivity contribution in [3.05, 3.63) is 48.0 Å². The second-order valence-corrected chi connectivity index (χ2v) is 7.49. The van der Waals surface area contributed by atoms with E-state index in [2.05, 4.69) is 4.90 Å². The van der Waals surface area contributed by atoms with E-state index in [1.807, 2.05) is 47.4 Å². The summed E-state index contributed by atoms with van der Waals surface area (Å²) in [6.45, 7) is 2.76. The van der Waals surface area contributed by atoms with Gasteiger partial charge in [0.1, 0.15) is 5.75 Å². The number of carbonyl (C=O) groups is 1. The minimum Gasteiger partial charge on any atom is -0.493 e. The van der Waals surface area contributed by atoms with E-state index in [1.54, 1.807) is 14.2 Å². The summed E-state index contributed by atoms with van der Waals surface area (Å²) >= 11 is 0. The fourth-order valence-corrected chi connectivity index (χ4v) is 4.19. The maximum atomic E-state index is 13.1. The van der Waals surface area contributed by atoms with Crippen molar-refractivity contribution in [3.8, 4) is 17.2 Å². The topological polar surface area (TPSA) is 51.2 Å². The number of hydrogen-bond acceptors (Lipinski definition) is 5. The van der Waals surface area contributed by atoms with E-state index in [4.69, 9.17) is 14.2 Å². The quantitative estimate of drug-likeness (QED) is 0.775. The van der Waals surface area contributed by atoms with E-state index in [-0.39, 0.29) is 5.91 Å². The number of piperidine rings is 1. The molecule has 6 heteroatoms. The van der Waals surface area contributed by atoms with Crippen LogP contribution in [0.5, 0.6) is 17.2 Å². The van der Waals surface area contributed by atoms with Crippen LogP contribution in [-0.4, -0.2) is 50.8 Å². The Morgan fingerprint density at radius 2 is 1.83 bits per heavy atom. The number of methoxy groups -OCH3 is 2. The largest absolute Gasteiger partial charge is 0.493 e. The fourth-order valence-electron chi connectivity index (χ4n) is 4.19. The standard InChI is InChI=1S/C23H28N2O4/c1-27-20-12-8-9-17(22(20)28-2)15-25-16-21(23(26)24-13-6-3-7-14-24)29-19-11-5-4-10-18(19)25/h4-5,8-12,21H,3,6-7,13-16H2,1-2H3/t21-/m1/s1. The van der Waals surface area contributed by atoms with Crippen LogP contribution in [0, 0.1) is 0 Å². The molecule has 2 aromatic carbocycles. The molecule has 0 saturated carbocycles. The van der Waals surface area contributed by atoms with Crippen molar-refractivity contribution >= 4 is 11.6 Å². The molecule has 154 valence electrons. The summed E-state index contributed by atoms with van der Waals surface area (Å²) in [4.78, 5) is 17.3. The molecule has 1 fully saturated rings. The van der Waals surface area contributed by atoms with Crippen LogP contribution in [0.1, 0.15) is 24.8 Å². The molecule has 2 aromatic rings. The summed E-state index contributed by atoms with van der Waals surface area (Å²) < 4.78 is 17.2. The predicted octanol–water partition coefficient (Wildman–Crippen LogP) is 3.48. The van der Waals surface area contributed by atoms with Crippen LogP contribution in [0.15, 0.2) is 42.5 Å². The zero-order chi connectivity index (χ0) is 20.2. The van der Waals surface area contributed by atoms with Gasteiger partial charge in [0.25, 0.3) is 5.91 Å². The van der Waals surface area contributed by atoms with Crippen molar-refractivity contribution in [2.45, 2.75) is 31.9 Å². The molecule has 0 bridgehead atoms. The number of anilines is 1. The third-order valence-electron chi connectivity index (χ3n) is 5.65. The van der Waals surface area contributed by atoms with Crippen LogP contribution in [0.2, 0.25) is 0 Å². The lowest BCUT2D eigenvalue weighted by Gasteiger charge is -2.38. The minimum absolute atomic E-state index is 0.0850. The molecule has 2 aliphatic rings. The van der Waals surface area contributed by atoms with E-state index in [9.17, 15) is 4.79 Å². The van der Waals surface area contributed by atoms with Gasteiger partial charge in [0.05, 0.1) is 26.5 Å². The maximum absolute atomic E-state index is 13.1. The van der Waals surface area contributed by atoms with Gasteiger partial charge in [0.15, 0.2) is 17.6 Å². The first-order chi connectivity index (χ1) is 14.2. The first kappa shape index (κ1) is 19.4. The molecule has 0 spiro atoms. The summed E-state index contributed by atoms with van der Waals surface area (Å²) in [6, 6.07) is 13.8. The zero-order valence-electron chi connectivity index (χ0n) is 17.1. The summed E-state index contributed by atoms with van der Waals surface area (Å²) in [6.07, 6.45) is 2.83. The van der Waals surface area contributed by atoms with Crippen LogP contribution in [0.4, 0.5) is 5.69 Å². The van der Waals surface area contributed by atoms with Crippen molar-refractivity contribution in [2.24, 2.45) is 0 Å². The van der Waals surface area contributed by atoms with Gasteiger partial charge in [-0.25, -0.2) is 0 Å². The van der Waals surface area contributed by atoms with Crippen LogP contribution >= 0.6 is 0 Å². The molecule has 2 aliphatic heterocycles. The molecule has 1 amide bonds. The molecule has 2 heterocycles. The van der Waals surface area contributed by atoms with Crippen molar-refractivity contribution in [1.29, 1.82) is 0 Å². The van der Waals surface area contributed by atoms with E-state index in [1.165, 1.54) is 6.42 Å². The number of benzene rings is 2. The lowest BCUT2D eigenvalue weighted by atomic mass is 10.1. The summed E-state index contributed by atoms with van der Waals surface area (Å²) in [5.41, 5.74) is 1.99. The Labute approximate surface area is 172 Å². The summed E-state index contributed by atoms with van der Waals surface area (Å²) in [5.74, 6) is 2.25. The smallest absolute Gasteiger partial charge is 0.265 e. The number of ether oxygens (including phenoxy) is 3. The van der Waals surface area contributed by atoms with Crippen molar-refractivity contribution in [2.75, 3.05) is 38.8 Å². The molecular formula is C23H28N2O4. The van der Waals surface area contributed by atoms with Gasteiger partial charge in [-0.15, -0.1) is 0 Å². The maximum Gasteiger partial charge on any atom is 0.265 e. The van der Waals surface area contributed by atoms with Gasteiger partial charge in [-0.3, -0.25) is 4.79 Å². The number of hydrogen-bond donors (Lipinski definition) is 0. The SMILES string of the molecule is COc1cccc(CN2C[C@H](C(=O)N3CCCCC3)Oc3ccccc32)c1OC.